The van der Waals surface area contributed by atoms with Crippen LogP contribution in [0.15, 0.2) is 108 Å². The zero-order chi connectivity index (χ0) is 49.1. The molecule has 17 heteroatoms. The van der Waals surface area contributed by atoms with E-state index in [1.54, 1.807) is 43.3 Å². The lowest BCUT2D eigenvalue weighted by molar-refractivity contribution is -0.155. The van der Waals surface area contributed by atoms with Gasteiger partial charge in [-0.05, 0) is 103 Å². The maximum atomic E-state index is 14.1. The van der Waals surface area contributed by atoms with Crippen LogP contribution in [0.3, 0.4) is 0 Å². The van der Waals surface area contributed by atoms with E-state index in [9.17, 15) is 24.0 Å². The lowest BCUT2D eigenvalue weighted by Gasteiger charge is -2.21. The molecule has 9 rings (SSSR count). The average Bonchev–Trinajstić information content (AvgIpc) is 4.14. The minimum Gasteiger partial charge on any atom is -0.351 e. The molecule has 70 heavy (non-hydrogen) atoms. The summed E-state index contributed by atoms with van der Waals surface area (Å²) in [6, 6.07) is 31.7. The number of rotatable bonds is 17. The highest BCUT2D eigenvalue weighted by Crippen LogP contribution is 2.44. The van der Waals surface area contributed by atoms with Crippen molar-refractivity contribution in [1.82, 2.24) is 20.3 Å². The van der Waals surface area contributed by atoms with E-state index < -0.39 is 12.3 Å². The number of hydrogen-bond acceptors (Lipinski definition) is 9. The fourth-order valence-corrected chi connectivity index (χ4v) is 10.2. The van der Waals surface area contributed by atoms with E-state index >= 15 is 0 Å². The third-order valence-corrected chi connectivity index (χ3v) is 14.1. The number of alkyl halides is 1. The van der Waals surface area contributed by atoms with Gasteiger partial charge in [0.15, 0.2) is 6.29 Å². The fourth-order valence-electron chi connectivity index (χ4n) is 9.05. The lowest BCUT2D eigenvalue weighted by Crippen LogP contribution is -2.34. The molecule has 2 aromatic heterocycles. The van der Waals surface area contributed by atoms with Crippen molar-refractivity contribution in [2.45, 2.75) is 58.0 Å². The number of carbonyl (C=O) groups is 5. The van der Waals surface area contributed by atoms with Crippen molar-refractivity contribution in [2.75, 3.05) is 53.5 Å². The van der Waals surface area contributed by atoms with Crippen molar-refractivity contribution in [2.24, 2.45) is 5.10 Å². The number of thioether (sulfide) groups is 1. The molecule has 2 aliphatic heterocycles. The first-order valence-corrected chi connectivity index (χ1v) is 24.8. The molecule has 0 saturated carbocycles. The number of amides is 6. The number of imide groups is 1. The summed E-state index contributed by atoms with van der Waals surface area (Å²) in [4.78, 5) is 75.2. The summed E-state index contributed by atoms with van der Waals surface area (Å²) >= 11 is 7.94. The van der Waals surface area contributed by atoms with Crippen LogP contribution in [0.2, 0.25) is 0 Å². The number of ether oxygens (including phenoxy) is 2. The van der Waals surface area contributed by atoms with Crippen molar-refractivity contribution in [3.63, 3.8) is 0 Å². The van der Waals surface area contributed by atoms with Gasteiger partial charge in [0, 0.05) is 81.3 Å². The molecule has 7 aromatic rings. The number of urea groups is 1. The monoisotopic (exact) mass is 980 g/mol. The van der Waals surface area contributed by atoms with Gasteiger partial charge >= 0.3 is 6.03 Å². The van der Waals surface area contributed by atoms with Crippen molar-refractivity contribution in [1.29, 1.82) is 0 Å². The minimum atomic E-state index is -0.744. The lowest BCUT2D eigenvalue weighted by atomic mass is 9.93. The van der Waals surface area contributed by atoms with Crippen molar-refractivity contribution in [3.8, 4) is 0 Å². The molecule has 0 radical (unpaired) electrons. The molecule has 1 saturated heterocycles. The Hall–Kier alpha value is -6.98. The molecule has 15 nitrogen and oxygen atoms in total. The van der Waals surface area contributed by atoms with Crippen LogP contribution in [0.4, 0.5) is 21.9 Å². The summed E-state index contributed by atoms with van der Waals surface area (Å²) in [5, 5.41) is 13.4. The van der Waals surface area contributed by atoms with Gasteiger partial charge in [-0.25, -0.2) is 10.2 Å². The maximum Gasteiger partial charge on any atom is 0.339 e. The zero-order valence-electron chi connectivity index (χ0n) is 39.2. The van der Waals surface area contributed by atoms with E-state index in [1.165, 1.54) is 16.7 Å². The summed E-state index contributed by atoms with van der Waals surface area (Å²) in [6.07, 6.45) is -0.156. The number of benzene rings is 5. The standard InChI is InChI=1S/C53H53ClN8O7S/c1-5-70-46-27-47(63)61(51(46)66)19-21-69-52(33-12-10-30(2)11-13-33)68-20-18-32(4)59-60-53(67)56-38-15-17-41-34(24-38)25-43(57-41)49(64)55-37-14-16-42-35(23-37)26-44(58-42)50(65)62-29-36(28-54)48-40-9-7-6-8-39(40)31(3)22-45(48)62/h6-17,22-26,36,46,52,57-58H,5,18-21,27-29H2,1-4H3,(H,55,64)(H2,56,60,67)/b59-32-. The van der Waals surface area contributed by atoms with E-state index in [0.29, 0.717) is 58.2 Å². The molecular weight excluding hydrogens is 928 g/mol. The SMILES string of the molecule is CCSC1CC(=O)N(CCOC(OCC/C(C)=N\NC(=O)Nc2ccc3[nH]c(C(=O)Nc4ccc5[nH]c(C(=O)N6CC(CCl)c7c6cc(C)c6ccccc76)cc5c4)cc3c2)c2ccc(C)cc2)C1=O. The maximum absolute atomic E-state index is 14.1. The Morgan fingerprint density at radius 3 is 2.23 bits per heavy atom. The molecule has 5 N–H and O–H groups in total. The number of halogens is 1. The second-order valence-corrected chi connectivity index (χ2v) is 19.3. The van der Waals surface area contributed by atoms with Gasteiger partial charge in [0.1, 0.15) is 11.4 Å². The van der Waals surface area contributed by atoms with Crippen LogP contribution in [-0.4, -0.2) is 93.4 Å². The normalized spacial score (nSPS) is 16.4. The van der Waals surface area contributed by atoms with E-state index in [-0.39, 0.29) is 61.0 Å². The summed E-state index contributed by atoms with van der Waals surface area (Å²) in [7, 11) is 0. The van der Waals surface area contributed by atoms with E-state index in [4.69, 9.17) is 21.1 Å². The quantitative estimate of drug-likeness (QED) is 0.0196. The second-order valence-electron chi connectivity index (χ2n) is 17.5. The smallest absolute Gasteiger partial charge is 0.339 e. The molecule has 5 aromatic carbocycles. The number of hydrazone groups is 1. The van der Waals surface area contributed by atoms with Crippen LogP contribution < -0.4 is 21.0 Å². The average molecular weight is 982 g/mol. The van der Waals surface area contributed by atoms with Gasteiger partial charge in [-0.15, -0.1) is 23.4 Å². The van der Waals surface area contributed by atoms with Crippen LogP contribution >= 0.6 is 23.4 Å². The number of aryl methyl sites for hydroxylation is 2. The molecule has 1 fully saturated rings. The number of nitrogens with zero attached hydrogens (tertiary/aromatic N) is 3. The number of hydrogen-bond donors (Lipinski definition) is 5. The Morgan fingerprint density at radius 2 is 1.51 bits per heavy atom. The fraction of sp³-hybridized carbons (Fsp3) is 0.283. The Balaban J connectivity index is 0.773. The highest BCUT2D eigenvalue weighted by molar-refractivity contribution is 8.00. The number of nitrogens with one attached hydrogen (secondary N) is 5. The van der Waals surface area contributed by atoms with Gasteiger partial charge in [-0.3, -0.25) is 24.1 Å². The topological polar surface area (TPSA) is 190 Å². The van der Waals surface area contributed by atoms with Crippen molar-refractivity contribution in [3.05, 3.63) is 137 Å². The van der Waals surface area contributed by atoms with Crippen LogP contribution in [0.1, 0.15) is 82.1 Å². The van der Waals surface area contributed by atoms with Crippen molar-refractivity contribution < 1.29 is 33.4 Å². The zero-order valence-corrected chi connectivity index (χ0v) is 40.8. The molecule has 3 atom stereocenters. The predicted octanol–water partition coefficient (Wildman–Crippen LogP) is 10.2. The van der Waals surface area contributed by atoms with Crippen LogP contribution in [0.25, 0.3) is 32.6 Å². The number of H-pyrrole nitrogens is 2. The second kappa shape index (κ2) is 20.9. The largest absolute Gasteiger partial charge is 0.351 e. The van der Waals surface area contributed by atoms with Crippen molar-refractivity contribution >= 4 is 108 Å². The number of likely N-dealkylation sites (tertiary alicyclic amines) is 1. The number of carbonyl (C=O) groups excluding carboxylic acids is 5. The van der Waals surface area contributed by atoms with Gasteiger partial charge in [-0.1, -0.05) is 61.0 Å². The van der Waals surface area contributed by atoms with Gasteiger partial charge in [0.25, 0.3) is 11.8 Å². The third kappa shape index (κ3) is 10.3. The van der Waals surface area contributed by atoms with Crippen LogP contribution in [-0.2, 0) is 19.1 Å². The molecule has 3 unspecified atom stereocenters. The Morgan fingerprint density at radius 1 is 0.843 bits per heavy atom. The Kier molecular flexibility index (Phi) is 14.4. The summed E-state index contributed by atoms with van der Waals surface area (Å²) < 4.78 is 12.2. The van der Waals surface area contributed by atoms with Gasteiger partial charge in [0.05, 0.1) is 25.0 Å². The first-order valence-electron chi connectivity index (χ1n) is 23.2. The van der Waals surface area contributed by atoms with E-state index in [1.807, 2.05) is 67.3 Å². The van der Waals surface area contributed by atoms with Gasteiger partial charge < -0.3 is 35.0 Å². The first kappa shape index (κ1) is 48.1. The number of anilines is 3. The minimum absolute atomic E-state index is 0.00505. The number of aromatic amines is 2. The summed E-state index contributed by atoms with van der Waals surface area (Å²) in [6.45, 7) is 8.72. The van der Waals surface area contributed by atoms with E-state index in [2.05, 4.69) is 56.3 Å². The molecule has 2 aliphatic rings. The summed E-state index contributed by atoms with van der Waals surface area (Å²) in [5.74, 6) is 0.269. The van der Waals surface area contributed by atoms with E-state index in [0.717, 1.165) is 55.4 Å². The molecule has 0 aliphatic carbocycles. The molecular formula is C53H53ClN8O7S. The molecule has 0 spiro atoms. The predicted molar refractivity (Wildman–Crippen MR) is 277 cm³/mol. The molecule has 360 valence electrons. The summed E-state index contributed by atoms with van der Waals surface area (Å²) in [5.41, 5.74) is 11.3. The first-order chi connectivity index (χ1) is 33.9. The number of fused-ring (bicyclic) bond motifs is 5. The Bertz CT molecular complexity index is 3190. The molecule has 6 amide bonds. The highest BCUT2D eigenvalue weighted by atomic mass is 35.5. The number of aromatic nitrogens is 2. The van der Waals surface area contributed by atoms with Crippen LogP contribution in [0.5, 0.6) is 0 Å². The van der Waals surface area contributed by atoms with Gasteiger partial charge in [-0.2, -0.15) is 5.10 Å². The molecule has 0 bridgehead atoms. The van der Waals surface area contributed by atoms with Gasteiger partial charge in [0.2, 0.25) is 11.8 Å². The molecule has 4 heterocycles. The van der Waals surface area contributed by atoms with Crippen LogP contribution in [0, 0.1) is 13.8 Å². The highest BCUT2D eigenvalue weighted by Gasteiger charge is 2.38. The Labute approximate surface area is 413 Å². The third-order valence-electron chi connectivity index (χ3n) is 12.6.